The van der Waals surface area contributed by atoms with Crippen LogP contribution < -0.4 is 0 Å². The summed E-state index contributed by atoms with van der Waals surface area (Å²) < 4.78 is 0. The Bertz CT molecular complexity index is 1180. The number of nitrogens with zero attached hydrogens (tertiary/aromatic N) is 2. The Hall–Kier alpha value is -2.74. The Morgan fingerprint density at radius 3 is 2.27 bits per heavy atom. The largest absolute Gasteiger partial charge is 0.256 e. The summed E-state index contributed by atoms with van der Waals surface area (Å²) >= 11 is 0. The molecule has 0 amide bonds. The van der Waals surface area contributed by atoms with Crippen molar-refractivity contribution in [2.24, 2.45) is 0 Å². The number of pyridine rings is 2. The minimum absolute atomic E-state index is 1.06. The van der Waals surface area contributed by atoms with Crippen LogP contribution in [0.5, 0.6) is 0 Å². The summed E-state index contributed by atoms with van der Waals surface area (Å²) in [7, 11) is 0. The first-order chi connectivity index (χ1) is 10.8. The number of hydrogen-bond acceptors (Lipinski definition) is 2. The van der Waals surface area contributed by atoms with Crippen LogP contribution in [0.4, 0.5) is 0 Å². The molecule has 3 aromatic carbocycles. The number of hydrogen-bond donors (Lipinski definition) is 0. The molecule has 2 nitrogen and oxygen atoms in total. The van der Waals surface area contributed by atoms with Crippen molar-refractivity contribution in [2.75, 3.05) is 0 Å². The predicted molar refractivity (Wildman–Crippen MR) is 92.7 cm³/mol. The third-order valence-electron chi connectivity index (χ3n) is 4.82. The van der Waals surface area contributed by atoms with Gasteiger partial charge in [0.15, 0.2) is 0 Å². The van der Waals surface area contributed by atoms with Crippen LogP contribution in [0.15, 0.2) is 48.7 Å². The first kappa shape index (κ1) is 11.9. The molecule has 0 bridgehead atoms. The van der Waals surface area contributed by atoms with Crippen molar-refractivity contribution in [3.05, 3.63) is 59.9 Å². The molecule has 0 spiro atoms. The highest BCUT2D eigenvalue weighted by atomic mass is 14.7. The highest BCUT2D eigenvalue weighted by Gasteiger charge is 2.16. The maximum absolute atomic E-state index is 4.80. The standard InChI is InChI=1S/C20H14N2/c1-11-12(2)22-17-8-3-5-13-14-9-10-21-16-7-4-6-15(19(14)16)18(11)20(13)17/h3-10H,1-2H3. The smallest absolute Gasteiger partial charge is 0.0717 e. The van der Waals surface area contributed by atoms with Crippen LogP contribution in [0.2, 0.25) is 0 Å². The van der Waals surface area contributed by atoms with E-state index < -0.39 is 0 Å². The zero-order valence-corrected chi connectivity index (χ0v) is 12.5. The average Bonchev–Trinajstić information content (AvgIpc) is 2.55. The van der Waals surface area contributed by atoms with E-state index in [9.17, 15) is 0 Å². The van der Waals surface area contributed by atoms with E-state index in [4.69, 9.17) is 4.98 Å². The molecule has 0 saturated heterocycles. The molecule has 104 valence electrons. The summed E-state index contributed by atoms with van der Waals surface area (Å²) in [6, 6.07) is 14.9. The first-order valence-corrected chi connectivity index (χ1v) is 7.54. The molecule has 5 aromatic rings. The fourth-order valence-electron chi connectivity index (χ4n) is 3.73. The van der Waals surface area contributed by atoms with Crippen molar-refractivity contribution in [2.45, 2.75) is 13.8 Å². The molecule has 0 aliphatic heterocycles. The Morgan fingerprint density at radius 1 is 0.682 bits per heavy atom. The van der Waals surface area contributed by atoms with Gasteiger partial charge in [-0.15, -0.1) is 0 Å². The molecule has 0 fully saturated rings. The normalized spacial score (nSPS) is 12.1. The van der Waals surface area contributed by atoms with E-state index in [1.54, 1.807) is 0 Å². The van der Waals surface area contributed by atoms with Crippen LogP contribution >= 0.6 is 0 Å². The highest BCUT2D eigenvalue weighted by molar-refractivity contribution is 6.32. The van der Waals surface area contributed by atoms with Crippen molar-refractivity contribution < 1.29 is 0 Å². The lowest BCUT2D eigenvalue weighted by atomic mass is 9.90. The molecular weight excluding hydrogens is 268 g/mol. The maximum Gasteiger partial charge on any atom is 0.0717 e. The van der Waals surface area contributed by atoms with Gasteiger partial charge in [0.1, 0.15) is 0 Å². The van der Waals surface area contributed by atoms with E-state index >= 15 is 0 Å². The first-order valence-electron chi connectivity index (χ1n) is 7.54. The summed E-state index contributed by atoms with van der Waals surface area (Å²) in [5, 5.41) is 7.69. The van der Waals surface area contributed by atoms with Crippen LogP contribution in [0, 0.1) is 13.8 Å². The Morgan fingerprint density at radius 2 is 1.41 bits per heavy atom. The van der Waals surface area contributed by atoms with Crippen molar-refractivity contribution in [1.82, 2.24) is 9.97 Å². The van der Waals surface area contributed by atoms with Crippen LogP contribution in [-0.4, -0.2) is 9.97 Å². The molecule has 0 N–H and O–H groups in total. The van der Waals surface area contributed by atoms with Crippen LogP contribution in [0.25, 0.3) is 43.4 Å². The van der Waals surface area contributed by atoms with Crippen molar-refractivity contribution in [1.29, 1.82) is 0 Å². The molecule has 0 unspecified atom stereocenters. The predicted octanol–water partition coefficient (Wildman–Crippen LogP) is 5.14. The van der Waals surface area contributed by atoms with Gasteiger partial charge in [0.2, 0.25) is 0 Å². The quantitative estimate of drug-likeness (QED) is 0.290. The fourth-order valence-corrected chi connectivity index (χ4v) is 3.73. The summed E-state index contributed by atoms with van der Waals surface area (Å²) in [5.41, 5.74) is 4.51. The van der Waals surface area contributed by atoms with Crippen LogP contribution in [-0.2, 0) is 0 Å². The van der Waals surface area contributed by atoms with Crippen LogP contribution in [0.3, 0.4) is 0 Å². The summed E-state index contributed by atoms with van der Waals surface area (Å²) in [6.07, 6.45) is 1.90. The Labute approximate surface area is 127 Å². The zero-order valence-electron chi connectivity index (χ0n) is 12.5. The van der Waals surface area contributed by atoms with Crippen molar-refractivity contribution in [3.8, 4) is 0 Å². The molecule has 5 rings (SSSR count). The zero-order chi connectivity index (χ0) is 14.8. The van der Waals surface area contributed by atoms with Gasteiger partial charge < -0.3 is 0 Å². The van der Waals surface area contributed by atoms with Gasteiger partial charge >= 0.3 is 0 Å². The number of benzene rings is 3. The number of aryl methyl sites for hydroxylation is 2. The number of aromatic nitrogens is 2. The third-order valence-corrected chi connectivity index (χ3v) is 4.82. The van der Waals surface area contributed by atoms with E-state index in [0.29, 0.717) is 0 Å². The lowest BCUT2D eigenvalue weighted by Crippen LogP contribution is -1.95. The van der Waals surface area contributed by atoms with E-state index in [-0.39, 0.29) is 0 Å². The van der Waals surface area contributed by atoms with Crippen molar-refractivity contribution >= 4 is 43.4 Å². The third kappa shape index (κ3) is 1.30. The molecule has 0 atom stereocenters. The molecular formula is C20H14N2. The van der Waals surface area contributed by atoms with Gasteiger partial charge in [-0.25, -0.2) is 0 Å². The molecule has 22 heavy (non-hydrogen) atoms. The van der Waals surface area contributed by atoms with Crippen molar-refractivity contribution in [3.63, 3.8) is 0 Å². The molecule has 0 aliphatic carbocycles. The number of fused-ring (bicyclic) bond motifs is 2. The lowest BCUT2D eigenvalue weighted by Gasteiger charge is -2.16. The topological polar surface area (TPSA) is 25.8 Å². The molecule has 0 saturated carbocycles. The average molecular weight is 282 g/mol. The second-order valence-electron chi connectivity index (χ2n) is 5.96. The molecule has 2 heterocycles. The van der Waals surface area contributed by atoms with Gasteiger partial charge in [-0.1, -0.05) is 24.3 Å². The second-order valence-corrected chi connectivity index (χ2v) is 5.96. The maximum atomic E-state index is 4.80. The molecule has 2 heteroatoms. The highest BCUT2D eigenvalue weighted by Crippen LogP contribution is 2.40. The Kier molecular flexibility index (Phi) is 2.11. The van der Waals surface area contributed by atoms with E-state index in [0.717, 1.165) is 16.7 Å². The fraction of sp³-hybridized carbons (Fsp3) is 0.100. The summed E-state index contributed by atoms with van der Waals surface area (Å²) in [5.74, 6) is 0. The van der Waals surface area contributed by atoms with Crippen LogP contribution in [0.1, 0.15) is 11.3 Å². The minimum atomic E-state index is 1.06. The van der Waals surface area contributed by atoms with Gasteiger partial charge in [0, 0.05) is 22.7 Å². The SMILES string of the molecule is Cc1nc2cccc3c4ccnc5cccc(c(c1C)c23)c54. The van der Waals surface area contributed by atoms with E-state index in [1.165, 1.54) is 37.9 Å². The van der Waals surface area contributed by atoms with Gasteiger partial charge in [-0.05, 0) is 59.2 Å². The van der Waals surface area contributed by atoms with Gasteiger partial charge in [0.05, 0.1) is 11.0 Å². The lowest BCUT2D eigenvalue weighted by molar-refractivity contribution is 1.21. The molecule has 0 radical (unpaired) electrons. The monoisotopic (exact) mass is 282 g/mol. The molecule has 2 aromatic heterocycles. The summed E-state index contributed by atoms with van der Waals surface area (Å²) in [4.78, 5) is 9.36. The minimum Gasteiger partial charge on any atom is -0.256 e. The summed E-state index contributed by atoms with van der Waals surface area (Å²) in [6.45, 7) is 4.27. The van der Waals surface area contributed by atoms with E-state index in [2.05, 4.69) is 61.3 Å². The van der Waals surface area contributed by atoms with E-state index in [1.807, 2.05) is 6.20 Å². The number of rotatable bonds is 0. The molecule has 0 aliphatic rings. The van der Waals surface area contributed by atoms with Gasteiger partial charge in [-0.2, -0.15) is 0 Å². The van der Waals surface area contributed by atoms with Gasteiger partial charge in [0.25, 0.3) is 0 Å². The van der Waals surface area contributed by atoms with Gasteiger partial charge in [-0.3, -0.25) is 9.97 Å². The Balaban J connectivity index is 2.31. The second kappa shape index (κ2) is 3.92.